The Balaban J connectivity index is 0.000000214. The van der Waals surface area contributed by atoms with Crippen LogP contribution in [-0.2, 0) is 0 Å². The second kappa shape index (κ2) is 59.0. The summed E-state index contributed by atoms with van der Waals surface area (Å²) in [6.07, 6.45) is 20.0. The van der Waals surface area contributed by atoms with Crippen LogP contribution in [0.1, 0.15) is 102 Å². The lowest BCUT2D eigenvalue weighted by Crippen LogP contribution is -1.87. The number of hydrogen-bond donors (Lipinski definition) is 0. The number of rotatable bonds is 6. The Morgan fingerprint density at radius 2 is 0.455 bits per heavy atom. The first-order valence-corrected chi connectivity index (χ1v) is 42.9. The highest BCUT2D eigenvalue weighted by Crippen LogP contribution is 2.28. The van der Waals surface area contributed by atoms with Crippen molar-refractivity contribution in [2.45, 2.75) is 104 Å². The Kier molecular flexibility index (Phi) is 46.6. The highest BCUT2D eigenvalue weighted by atomic mass is 14.7. The van der Waals surface area contributed by atoms with Crippen LogP contribution < -0.4 is 0 Å². The van der Waals surface area contributed by atoms with Gasteiger partial charge >= 0.3 is 0 Å². The maximum Gasteiger partial charge on any atom is 0.0967 e. The second-order valence-corrected chi connectivity index (χ2v) is 24.8. The Bertz CT molecular complexity index is 5480. The van der Waals surface area contributed by atoms with Gasteiger partial charge in [0.2, 0.25) is 0 Å². The van der Waals surface area contributed by atoms with Crippen molar-refractivity contribution in [2.24, 2.45) is 0 Å². The molecule has 10 aromatic heterocycles. The van der Waals surface area contributed by atoms with Gasteiger partial charge in [0.25, 0.3) is 0 Å². The van der Waals surface area contributed by atoms with Gasteiger partial charge in [-0.25, -0.2) is 9.97 Å². The molecule has 0 saturated heterocycles. The number of aromatic nitrogens is 10. The van der Waals surface area contributed by atoms with Crippen LogP contribution in [0.25, 0.3) is 133 Å². The van der Waals surface area contributed by atoms with Crippen LogP contribution in [0.5, 0.6) is 0 Å². The van der Waals surface area contributed by atoms with E-state index in [1.54, 1.807) is 24.8 Å². The zero-order valence-electron chi connectivity index (χ0n) is 74.1. The molecule has 10 heteroatoms. The number of nitrogens with zero attached hydrogens (tertiary/aromatic N) is 10. The number of para-hydroxylation sites is 1. The van der Waals surface area contributed by atoms with Crippen LogP contribution in [0.3, 0.4) is 0 Å². The van der Waals surface area contributed by atoms with Gasteiger partial charge in [-0.2, -0.15) is 0 Å². The van der Waals surface area contributed by atoms with E-state index in [9.17, 15) is 0 Å². The van der Waals surface area contributed by atoms with E-state index in [2.05, 4.69) is 211 Å². The topological polar surface area (TPSA) is 129 Å². The molecule has 10 heterocycles. The average Bonchev–Trinajstić information content (AvgIpc) is 0.764. The zero-order chi connectivity index (χ0) is 88.1. The predicted octanol–water partition coefficient (Wildman–Crippen LogP) is 31.9. The predicted molar refractivity (Wildman–Crippen MR) is 531 cm³/mol. The van der Waals surface area contributed by atoms with Crippen molar-refractivity contribution < 1.29 is 0 Å². The Hall–Kier alpha value is -14.7. The fourth-order valence-electron chi connectivity index (χ4n) is 12.0. The fraction of sp³-hybridized carbons (Fsp3) is 0.133. The van der Waals surface area contributed by atoms with E-state index in [-0.39, 0.29) is 0 Å². The quantitative estimate of drug-likeness (QED) is 0.148. The number of aryl methyl sites for hydroxylation is 1. The molecule has 0 radical (unpaired) electrons. The van der Waals surface area contributed by atoms with Gasteiger partial charge in [-0.1, -0.05) is 388 Å². The van der Waals surface area contributed by atoms with Crippen LogP contribution in [0.2, 0.25) is 0 Å². The van der Waals surface area contributed by atoms with Crippen LogP contribution in [0.15, 0.2) is 444 Å². The van der Waals surface area contributed by atoms with Gasteiger partial charge in [0.15, 0.2) is 0 Å². The minimum atomic E-state index is 0.977. The van der Waals surface area contributed by atoms with E-state index in [1.807, 2.05) is 353 Å². The largest absolute Gasteiger partial charge is 0.264 e. The molecule has 0 spiro atoms. The lowest BCUT2D eigenvalue weighted by atomic mass is 10.1. The molecule has 20 rings (SSSR count). The summed E-state index contributed by atoms with van der Waals surface area (Å²) < 4.78 is 0. The first-order valence-electron chi connectivity index (χ1n) is 42.9. The number of pyridine rings is 10. The third-order valence-corrected chi connectivity index (χ3v) is 17.4. The van der Waals surface area contributed by atoms with Gasteiger partial charge < -0.3 is 0 Å². The van der Waals surface area contributed by atoms with Gasteiger partial charge in [0, 0.05) is 117 Å². The molecule has 0 saturated carbocycles. The molecule has 0 atom stereocenters. The Morgan fingerprint density at radius 3 is 0.829 bits per heavy atom. The zero-order valence-corrected chi connectivity index (χ0v) is 74.1. The van der Waals surface area contributed by atoms with E-state index in [1.165, 1.54) is 38.2 Å². The summed E-state index contributed by atoms with van der Waals surface area (Å²) in [5.41, 5.74) is 19.6. The lowest BCUT2D eigenvalue weighted by Gasteiger charge is -2.04. The molecule has 0 bridgehead atoms. The molecule has 0 N–H and O–H groups in total. The summed E-state index contributed by atoms with van der Waals surface area (Å²) >= 11 is 0. The van der Waals surface area contributed by atoms with Crippen LogP contribution in [0, 0.1) is 6.92 Å². The molecule has 0 fully saturated rings. The Labute approximate surface area is 731 Å². The molecule has 0 aliphatic rings. The van der Waals surface area contributed by atoms with Crippen LogP contribution in [0.4, 0.5) is 0 Å². The van der Waals surface area contributed by atoms with E-state index >= 15 is 0 Å². The SMILES string of the molecule is CC.CC.CC.CC.CC.CC.CC.Cc1cc2cccnc2c2ncccc12.c1ccc(-c2cccc(-c3ccccc3)n2)cc1.c1ccc(-c2cccc(-c3ccccc3)n2)cc1.c1ccc(-c2cccnc2)cc1.c1ccc(-c2cccnc2)cc1.c1ccc2cnccc2c1.c1ccc2ncccc2c1.c1cnc2c(c1)ccc1cccnc12. The number of hydrogen-bond acceptors (Lipinski definition) is 10. The molecule has 20 aromatic rings. The minimum Gasteiger partial charge on any atom is -0.264 e. The van der Waals surface area contributed by atoms with Crippen LogP contribution >= 0.6 is 0 Å². The van der Waals surface area contributed by atoms with Crippen molar-refractivity contribution in [3.05, 3.63) is 450 Å². The van der Waals surface area contributed by atoms with Crippen molar-refractivity contribution in [3.63, 3.8) is 0 Å². The van der Waals surface area contributed by atoms with Gasteiger partial charge in [-0.05, 0) is 130 Å². The molecular weight excluding hydrogens is 1500 g/mol. The second-order valence-electron chi connectivity index (χ2n) is 24.8. The number of benzene rings is 10. The summed E-state index contributed by atoms with van der Waals surface area (Å²) in [6, 6.07) is 126. The molecule has 10 nitrogen and oxygen atoms in total. The van der Waals surface area contributed by atoms with E-state index in [0.717, 1.165) is 99.9 Å². The monoisotopic (exact) mass is 1610 g/mol. The summed E-state index contributed by atoms with van der Waals surface area (Å²) in [5.74, 6) is 0. The Morgan fingerprint density at radius 1 is 0.171 bits per heavy atom. The van der Waals surface area contributed by atoms with Crippen LogP contribution in [-0.4, -0.2) is 49.8 Å². The van der Waals surface area contributed by atoms with E-state index < -0.39 is 0 Å². The standard InChI is InChI=1S/2C17H13N.C13H10N2.C12H8N2.2C11H9N.2C9H7N.7C2H6/c2*1-3-8-14(9-4-1)16-12-7-13-17(18-16)15-10-5-2-6-11-15;1-9-8-10-4-2-6-14-12(10)13-11(9)5-3-7-15-13;1-3-9-5-6-10-4-2-8-14-12(10)11(9)13-7-1;2*1-2-5-10(6-3-1)11-7-4-8-12-9-11;1-2-6-9-8(4-1)5-3-7-10-9;1-2-4-9-7-10-6-5-8(9)3-1;7*1-2/h2*1-13H;2-8H,1H3;1-8H;2*1-9H;2*1-7H;7*1-2H3. The molecule has 123 heavy (non-hydrogen) atoms. The smallest absolute Gasteiger partial charge is 0.0967 e. The highest BCUT2D eigenvalue weighted by molar-refractivity contribution is 6.04. The fourth-order valence-corrected chi connectivity index (χ4v) is 12.0. The molecule has 0 amide bonds. The maximum atomic E-state index is 4.71. The third-order valence-electron chi connectivity index (χ3n) is 17.4. The first kappa shape index (κ1) is 97.1. The normalized spacial score (nSPS) is 9.42. The van der Waals surface area contributed by atoms with Gasteiger partial charge in [0.05, 0.1) is 50.4 Å². The van der Waals surface area contributed by atoms with Gasteiger partial charge in [-0.3, -0.25) is 39.9 Å². The summed E-state index contributed by atoms with van der Waals surface area (Å²) in [5, 5.41) is 8.26. The number of fused-ring (bicyclic) bond motifs is 8. The molecule has 10 aromatic carbocycles. The summed E-state index contributed by atoms with van der Waals surface area (Å²) in [6.45, 7) is 30.1. The summed E-state index contributed by atoms with van der Waals surface area (Å²) in [7, 11) is 0. The molecule has 0 aliphatic carbocycles. The average molecular weight is 1620 g/mol. The summed E-state index contributed by atoms with van der Waals surface area (Å²) in [4.78, 5) is 43.2. The van der Waals surface area contributed by atoms with E-state index in [0.29, 0.717) is 0 Å². The molecule has 0 unspecified atom stereocenters. The van der Waals surface area contributed by atoms with Gasteiger partial charge in [0.1, 0.15) is 0 Å². The highest BCUT2D eigenvalue weighted by Gasteiger charge is 2.07. The van der Waals surface area contributed by atoms with E-state index in [4.69, 9.17) is 9.97 Å². The molecular formula is C113H118N10. The molecule has 620 valence electrons. The first-order chi connectivity index (χ1) is 61.0. The van der Waals surface area contributed by atoms with Crippen molar-refractivity contribution in [1.82, 2.24) is 49.8 Å². The van der Waals surface area contributed by atoms with Crippen molar-refractivity contribution in [2.75, 3.05) is 0 Å². The minimum absolute atomic E-state index is 0.977. The maximum absolute atomic E-state index is 4.71. The van der Waals surface area contributed by atoms with Gasteiger partial charge in [-0.15, -0.1) is 0 Å². The van der Waals surface area contributed by atoms with Crippen molar-refractivity contribution in [1.29, 1.82) is 0 Å². The lowest BCUT2D eigenvalue weighted by molar-refractivity contribution is 1.32. The molecule has 0 aliphatic heterocycles. The van der Waals surface area contributed by atoms with Crippen molar-refractivity contribution >= 4 is 65.3 Å². The third kappa shape index (κ3) is 31.5. The van der Waals surface area contributed by atoms with Crippen molar-refractivity contribution in [3.8, 4) is 67.3 Å².